The summed E-state index contributed by atoms with van der Waals surface area (Å²) in [6.45, 7) is 4.26. The average Bonchev–Trinajstić information content (AvgIpc) is 3.19. The third kappa shape index (κ3) is 6.82. The maximum absolute atomic E-state index is 16.0. The Morgan fingerprint density at radius 1 is 1.02 bits per heavy atom. The van der Waals surface area contributed by atoms with Gasteiger partial charge in [-0.25, -0.2) is 17.6 Å². The van der Waals surface area contributed by atoms with Crippen LogP contribution in [0.25, 0.3) is 0 Å². The van der Waals surface area contributed by atoms with Crippen LogP contribution in [0.4, 0.5) is 23.2 Å². The van der Waals surface area contributed by atoms with Gasteiger partial charge in [-0.15, -0.1) is 0 Å². The molecule has 2 fully saturated rings. The van der Waals surface area contributed by atoms with Crippen molar-refractivity contribution in [2.24, 2.45) is 5.41 Å². The largest absolute Gasteiger partial charge is 0.489 e. The molecule has 0 aliphatic carbocycles. The highest BCUT2D eigenvalue weighted by Crippen LogP contribution is 2.45. The van der Waals surface area contributed by atoms with Gasteiger partial charge >= 0.3 is 5.97 Å². The first kappa shape index (κ1) is 31.4. The predicted molar refractivity (Wildman–Crippen MR) is 164 cm³/mol. The van der Waals surface area contributed by atoms with Crippen molar-refractivity contribution in [3.05, 3.63) is 94.6 Å². The van der Waals surface area contributed by atoms with E-state index in [0.717, 1.165) is 36.9 Å². The van der Waals surface area contributed by atoms with Crippen molar-refractivity contribution in [3.8, 4) is 5.75 Å². The number of fused-ring (bicyclic) bond motifs is 1. The van der Waals surface area contributed by atoms with Crippen molar-refractivity contribution in [2.45, 2.75) is 57.7 Å². The standard InChI is InChI=1S/C35H39F4N3O3/c1-23-14-25-15-27(45-20-24-6-3-2-4-7-24)8-9-28(25)34(42(23)18-31(38)39)33-29(36)16-26(17-30(33)37)41-21-35(22-41)10-5-12-40(13-11-35)19-32(43)44/h2-4,6-9,15-17,23,31,34H,5,10-14,18-22H2,1H3,(H,43,44)/t23-,34?/m1/s1. The highest BCUT2D eigenvalue weighted by Gasteiger charge is 2.45. The summed E-state index contributed by atoms with van der Waals surface area (Å²) in [4.78, 5) is 16.6. The molecule has 45 heavy (non-hydrogen) atoms. The van der Waals surface area contributed by atoms with Gasteiger partial charge < -0.3 is 14.7 Å². The van der Waals surface area contributed by atoms with E-state index in [-0.39, 0.29) is 23.6 Å². The number of likely N-dealkylation sites (tertiary alicyclic amines) is 1. The van der Waals surface area contributed by atoms with E-state index in [2.05, 4.69) is 0 Å². The average molecular weight is 626 g/mol. The maximum atomic E-state index is 16.0. The molecule has 3 aromatic carbocycles. The first-order valence-corrected chi connectivity index (χ1v) is 15.6. The van der Waals surface area contributed by atoms with Gasteiger partial charge in [0.05, 0.1) is 19.1 Å². The highest BCUT2D eigenvalue weighted by atomic mass is 19.3. The van der Waals surface area contributed by atoms with Crippen LogP contribution in [0.3, 0.4) is 0 Å². The molecule has 0 radical (unpaired) electrons. The zero-order chi connectivity index (χ0) is 31.7. The Bertz CT molecular complexity index is 1490. The number of nitrogens with zero attached hydrogens (tertiary/aromatic N) is 3. The van der Waals surface area contributed by atoms with E-state index in [9.17, 15) is 13.6 Å². The molecule has 240 valence electrons. The van der Waals surface area contributed by atoms with Crippen LogP contribution in [0.1, 0.15) is 54.5 Å². The molecule has 3 aliphatic rings. The number of carbonyl (C=O) groups is 1. The van der Waals surface area contributed by atoms with Crippen molar-refractivity contribution in [3.63, 3.8) is 0 Å². The summed E-state index contributed by atoms with van der Waals surface area (Å²) in [6.07, 6.45) is 0.414. The van der Waals surface area contributed by atoms with E-state index in [1.54, 1.807) is 12.1 Å². The van der Waals surface area contributed by atoms with E-state index in [1.165, 1.54) is 17.0 Å². The van der Waals surface area contributed by atoms with Gasteiger partial charge in [-0.05, 0) is 86.7 Å². The monoisotopic (exact) mass is 625 g/mol. The number of carboxylic acids is 1. The molecule has 0 aromatic heterocycles. The van der Waals surface area contributed by atoms with Crippen molar-refractivity contribution in [1.29, 1.82) is 0 Å². The minimum absolute atomic E-state index is 0.00896. The highest BCUT2D eigenvalue weighted by molar-refractivity contribution is 5.69. The summed E-state index contributed by atoms with van der Waals surface area (Å²) in [5.74, 6) is -1.74. The van der Waals surface area contributed by atoms with E-state index in [4.69, 9.17) is 9.84 Å². The lowest BCUT2D eigenvalue weighted by Gasteiger charge is -2.51. The second-order valence-electron chi connectivity index (χ2n) is 12.9. The smallest absolute Gasteiger partial charge is 0.317 e. The fourth-order valence-electron chi connectivity index (χ4n) is 7.43. The third-order valence-electron chi connectivity index (χ3n) is 9.67. The van der Waals surface area contributed by atoms with Crippen LogP contribution in [-0.2, 0) is 17.8 Å². The Labute approximate surface area is 261 Å². The zero-order valence-corrected chi connectivity index (χ0v) is 25.4. The van der Waals surface area contributed by atoms with E-state index >= 15 is 8.78 Å². The molecule has 0 saturated carbocycles. The van der Waals surface area contributed by atoms with Crippen molar-refractivity contribution in [2.75, 3.05) is 44.2 Å². The predicted octanol–water partition coefficient (Wildman–Crippen LogP) is 6.52. The van der Waals surface area contributed by atoms with Gasteiger partial charge in [0.25, 0.3) is 6.43 Å². The number of ether oxygens (including phenoxy) is 1. The number of hydrogen-bond donors (Lipinski definition) is 1. The molecule has 1 N–H and O–H groups in total. The van der Waals surface area contributed by atoms with Gasteiger partial charge in [0, 0.05) is 35.8 Å². The van der Waals surface area contributed by atoms with Crippen molar-refractivity contribution < 1.29 is 32.2 Å². The lowest BCUT2D eigenvalue weighted by Crippen LogP contribution is -2.57. The number of carboxylic acid groups (broad SMARTS) is 1. The van der Waals surface area contributed by atoms with Crippen LogP contribution in [0.2, 0.25) is 0 Å². The third-order valence-corrected chi connectivity index (χ3v) is 9.67. The van der Waals surface area contributed by atoms with E-state index in [1.807, 2.05) is 53.1 Å². The fraction of sp³-hybridized carbons (Fsp3) is 0.457. The molecule has 1 spiro atoms. The van der Waals surface area contributed by atoms with Crippen molar-refractivity contribution >= 4 is 11.7 Å². The summed E-state index contributed by atoms with van der Waals surface area (Å²) in [5.41, 5.74) is 2.62. The molecule has 3 aliphatic heterocycles. The molecule has 3 heterocycles. The van der Waals surface area contributed by atoms with Crippen LogP contribution >= 0.6 is 0 Å². The second kappa shape index (κ2) is 13.0. The fourth-order valence-corrected chi connectivity index (χ4v) is 7.43. The summed E-state index contributed by atoms with van der Waals surface area (Å²) in [5, 5.41) is 9.15. The molecule has 0 bridgehead atoms. The normalized spacial score (nSPS) is 21.8. The van der Waals surface area contributed by atoms with Gasteiger partial charge in [0.2, 0.25) is 0 Å². The van der Waals surface area contributed by atoms with Gasteiger partial charge in [-0.1, -0.05) is 36.4 Å². The number of alkyl halides is 2. The van der Waals surface area contributed by atoms with Crippen LogP contribution in [-0.4, -0.2) is 72.6 Å². The minimum atomic E-state index is -2.67. The molecule has 0 amide bonds. The lowest BCUT2D eigenvalue weighted by molar-refractivity contribution is -0.138. The Hall–Kier alpha value is -3.63. The van der Waals surface area contributed by atoms with E-state index in [0.29, 0.717) is 49.7 Å². The summed E-state index contributed by atoms with van der Waals surface area (Å²) < 4.78 is 65.7. The number of rotatable bonds is 9. The number of aliphatic carboxylic acids is 1. The first-order valence-electron chi connectivity index (χ1n) is 15.6. The quantitative estimate of drug-likeness (QED) is 0.274. The number of benzene rings is 3. The molecule has 2 atom stereocenters. The molecular weight excluding hydrogens is 586 g/mol. The molecular formula is C35H39F4N3O3. The summed E-state index contributed by atoms with van der Waals surface area (Å²) >= 11 is 0. The van der Waals surface area contributed by atoms with Crippen LogP contribution in [0, 0.1) is 17.0 Å². The molecule has 10 heteroatoms. The SMILES string of the molecule is C[C@@H]1Cc2cc(OCc3ccccc3)ccc2C(c2c(F)cc(N3CC4(CCCN(CC(=O)O)CC4)C3)cc2F)N1CC(F)F. The van der Waals surface area contributed by atoms with Crippen LogP contribution in [0.15, 0.2) is 60.7 Å². The Kier molecular flexibility index (Phi) is 9.06. The summed E-state index contributed by atoms with van der Waals surface area (Å²) in [6, 6.07) is 16.3. The first-order chi connectivity index (χ1) is 21.6. The topological polar surface area (TPSA) is 56.3 Å². The number of hydrogen-bond acceptors (Lipinski definition) is 5. The minimum Gasteiger partial charge on any atom is -0.489 e. The maximum Gasteiger partial charge on any atom is 0.317 e. The Balaban J connectivity index is 1.24. The van der Waals surface area contributed by atoms with Gasteiger partial charge in [0.15, 0.2) is 0 Å². The molecule has 6 nitrogen and oxygen atoms in total. The molecule has 1 unspecified atom stereocenters. The second-order valence-corrected chi connectivity index (χ2v) is 12.9. The van der Waals surface area contributed by atoms with Crippen LogP contribution < -0.4 is 9.64 Å². The number of halogens is 4. The summed E-state index contributed by atoms with van der Waals surface area (Å²) in [7, 11) is 0. The lowest BCUT2D eigenvalue weighted by atomic mass is 9.73. The van der Waals surface area contributed by atoms with Gasteiger partial charge in [-0.3, -0.25) is 14.6 Å². The zero-order valence-electron chi connectivity index (χ0n) is 25.4. The molecule has 3 aromatic rings. The van der Waals surface area contributed by atoms with Gasteiger partial charge in [-0.2, -0.15) is 0 Å². The van der Waals surface area contributed by atoms with Crippen molar-refractivity contribution in [1.82, 2.24) is 9.80 Å². The van der Waals surface area contributed by atoms with Gasteiger partial charge in [0.1, 0.15) is 24.0 Å². The molecule has 6 rings (SSSR count). The van der Waals surface area contributed by atoms with Crippen LogP contribution in [0.5, 0.6) is 5.75 Å². The Morgan fingerprint density at radius 2 is 1.76 bits per heavy atom. The Morgan fingerprint density at radius 3 is 2.44 bits per heavy atom. The van der Waals surface area contributed by atoms with E-state index < -0.39 is 36.6 Å². The number of anilines is 1. The molecule has 2 saturated heterocycles.